The predicted octanol–water partition coefficient (Wildman–Crippen LogP) is 0.616. The Morgan fingerprint density at radius 1 is 1.25 bits per heavy atom. The van der Waals surface area contributed by atoms with Gasteiger partial charge >= 0.3 is 0 Å². The maximum atomic E-state index is 11.1. The van der Waals surface area contributed by atoms with Gasteiger partial charge in [0, 0.05) is 0 Å². The van der Waals surface area contributed by atoms with Crippen molar-refractivity contribution in [2.24, 2.45) is 0 Å². The molecule has 0 fully saturated rings. The van der Waals surface area contributed by atoms with Crippen molar-refractivity contribution in [2.45, 2.75) is 20.8 Å². The highest BCUT2D eigenvalue weighted by molar-refractivity contribution is 7.89. The van der Waals surface area contributed by atoms with Crippen LogP contribution in [-0.2, 0) is 10.0 Å². The second-order valence-electron chi connectivity index (χ2n) is 2.90. The van der Waals surface area contributed by atoms with Gasteiger partial charge in [0.05, 0.1) is 17.6 Å². The van der Waals surface area contributed by atoms with Gasteiger partial charge in [-0.15, -0.1) is 0 Å². The summed E-state index contributed by atoms with van der Waals surface area (Å²) in [4.78, 5) is 0. The minimum absolute atomic E-state index is 0.690. The summed E-state index contributed by atoms with van der Waals surface area (Å²) in [7, 11) is -3.23. The Morgan fingerprint density at radius 3 is 1.92 bits per heavy atom. The quantitative estimate of drug-likeness (QED) is 0.649. The first-order valence-electron chi connectivity index (χ1n) is 3.57. The van der Waals surface area contributed by atoms with Crippen LogP contribution in [0.5, 0.6) is 0 Å². The van der Waals surface area contributed by atoms with Crippen LogP contribution >= 0.6 is 0 Å². The normalized spacial score (nSPS) is 12.0. The zero-order valence-corrected chi connectivity index (χ0v) is 8.44. The molecule has 0 bridgehead atoms. The van der Waals surface area contributed by atoms with Crippen LogP contribution in [0.15, 0.2) is 0 Å². The lowest BCUT2D eigenvalue weighted by atomic mass is 10.2. The molecule has 0 aliphatic heterocycles. The van der Waals surface area contributed by atoms with Crippen LogP contribution in [0.3, 0.4) is 0 Å². The van der Waals surface area contributed by atoms with E-state index in [2.05, 4.69) is 5.10 Å². The number of hydrogen-bond donors (Lipinski definition) is 0. The van der Waals surface area contributed by atoms with Gasteiger partial charge in [0.25, 0.3) is 10.0 Å². The topological polar surface area (TPSA) is 52.0 Å². The summed E-state index contributed by atoms with van der Waals surface area (Å²) in [6.45, 7) is 5.40. The molecule has 0 saturated heterocycles. The second-order valence-corrected chi connectivity index (χ2v) is 4.71. The van der Waals surface area contributed by atoms with Gasteiger partial charge in [-0.25, -0.2) is 8.42 Å². The molecule has 0 amide bonds. The van der Waals surface area contributed by atoms with Crippen molar-refractivity contribution in [3.8, 4) is 0 Å². The Bertz CT molecular complexity index is 403. The standard InChI is InChI=1S/C7H12N2O2S/c1-5-6(2)8-9(7(5)3)12(4,10)11/h1-4H3. The van der Waals surface area contributed by atoms with Crippen LogP contribution in [0.4, 0.5) is 0 Å². The highest BCUT2D eigenvalue weighted by Crippen LogP contribution is 2.11. The van der Waals surface area contributed by atoms with E-state index < -0.39 is 10.0 Å². The van der Waals surface area contributed by atoms with Gasteiger partial charge in [-0.1, -0.05) is 0 Å². The first-order valence-corrected chi connectivity index (χ1v) is 5.42. The molecule has 4 nitrogen and oxygen atoms in total. The van der Waals surface area contributed by atoms with Crippen molar-refractivity contribution in [2.75, 3.05) is 6.26 Å². The highest BCUT2D eigenvalue weighted by Gasteiger charge is 2.13. The van der Waals surface area contributed by atoms with E-state index in [1.165, 1.54) is 0 Å². The molecule has 68 valence electrons. The Kier molecular flexibility index (Phi) is 1.99. The van der Waals surface area contributed by atoms with Crippen LogP contribution in [0.25, 0.3) is 0 Å². The van der Waals surface area contributed by atoms with Gasteiger partial charge in [-0.3, -0.25) is 0 Å². The fraction of sp³-hybridized carbons (Fsp3) is 0.571. The molecule has 0 aromatic carbocycles. The molecule has 12 heavy (non-hydrogen) atoms. The lowest BCUT2D eigenvalue weighted by Crippen LogP contribution is -2.13. The molecule has 0 N–H and O–H groups in total. The summed E-state index contributed by atoms with van der Waals surface area (Å²) in [5.74, 6) is 0. The molecule has 1 aromatic rings. The van der Waals surface area contributed by atoms with Crippen LogP contribution in [0, 0.1) is 20.8 Å². The first-order chi connectivity index (χ1) is 5.34. The minimum atomic E-state index is -3.23. The Morgan fingerprint density at radius 2 is 1.75 bits per heavy atom. The second kappa shape index (κ2) is 2.58. The van der Waals surface area contributed by atoms with E-state index in [9.17, 15) is 8.42 Å². The van der Waals surface area contributed by atoms with Crippen molar-refractivity contribution in [1.29, 1.82) is 0 Å². The van der Waals surface area contributed by atoms with Crippen LogP contribution in [0.1, 0.15) is 17.0 Å². The summed E-state index contributed by atoms with van der Waals surface area (Å²) in [5, 5.41) is 3.91. The number of aryl methyl sites for hydroxylation is 1. The lowest BCUT2D eigenvalue weighted by Gasteiger charge is -1.99. The van der Waals surface area contributed by atoms with Gasteiger partial charge in [-0.05, 0) is 26.3 Å². The molecule has 0 aliphatic rings. The van der Waals surface area contributed by atoms with E-state index in [-0.39, 0.29) is 0 Å². The number of hydrogen-bond acceptors (Lipinski definition) is 3. The zero-order valence-electron chi connectivity index (χ0n) is 7.62. The Hall–Kier alpha value is -0.840. The molecule has 0 aliphatic carbocycles. The molecule has 1 aromatic heterocycles. The maximum absolute atomic E-state index is 11.1. The van der Waals surface area contributed by atoms with Crippen LogP contribution < -0.4 is 0 Å². The summed E-state index contributed by atoms with van der Waals surface area (Å²) >= 11 is 0. The zero-order chi connectivity index (χ0) is 9.52. The smallest absolute Gasteiger partial charge is 0.205 e. The molecule has 1 heterocycles. The first kappa shape index (κ1) is 9.25. The van der Waals surface area contributed by atoms with Crippen molar-refractivity contribution in [3.63, 3.8) is 0 Å². The van der Waals surface area contributed by atoms with E-state index in [1.54, 1.807) is 13.8 Å². The monoisotopic (exact) mass is 188 g/mol. The van der Waals surface area contributed by atoms with E-state index >= 15 is 0 Å². The molecule has 0 saturated carbocycles. The molecule has 1 rings (SSSR count). The van der Waals surface area contributed by atoms with Gasteiger partial charge in [0.2, 0.25) is 0 Å². The van der Waals surface area contributed by atoms with Crippen molar-refractivity contribution < 1.29 is 8.42 Å². The molecular formula is C7H12N2O2S. The number of rotatable bonds is 1. The average molecular weight is 188 g/mol. The maximum Gasteiger partial charge on any atom is 0.251 e. The Labute approximate surface area is 72.3 Å². The fourth-order valence-corrected chi connectivity index (χ4v) is 1.92. The number of nitrogens with zero attached hydrogens (tertiary/aromatic N) is 2. The van der Waals surface area contributed by atoms with Gasteiger partial charge < -0.3 is 0 Å². The van der Waals surface area contributed by atoms with E-state index in [4.69, 9.17) is 0 Å². The van der Waals surface area contributed by atoms with E-state index in [1.807, 2.05) is 6.92 Å². The van der Waals surface area contributed by atoms with Crippen molar-refractivity contribution >= 4 is 10.0 Å². The average Bonchev–Trinajstić information content (AvgIpc) is 2.15. The fourth-order valence-electron chi connectivity index (χ4n) is 1.01. The van der Waals surface area contributed by atoms with Gasteiger partial charge in [0.15, 0.2) is 0 Å². The molecule has 5 heteroatoms. The molecule has 0 unspecified atom stereocenters. The predicted molar refractivity (Wildman–Crippen MR) is 46.7 cm³/mol. The highest BCUT2D eigenvalue weighted by atomic mass is 32.2. The van der Waals surface area contributed by atoms with Gasteiger partial charge in [0.1, 0.15) is 0 Å². The molecular weight excluding hydrogens is 176 g/mol. The minimum Gasteiger partial charge on any atom is -0.205 e. The Balaban J connectivity index is 3.48. The SMILES string of the molecule is Cc1nn(S(C)(=O)=O)c(C)c1C. The van der Waals surface area contributed by atoms with Gasteiger partial charge in [-0.2, -0.15) is 9.19 Å². The largest absolute Gasteiger partial charge is 0.251 e. The third kappa shape index (κ3) is 1.36. The van der Waals surface area contributed by atoms with Crippen LogP contribution in [-0.4, -0.2) is 23.9 Å². The van der Waals surface area contributed by atoms with E-state index in [0.717, 1.165) is 21.6 Å². The molecule has 0 atom stereocenters. The summed E-state index contributed by atoms with van der Waals surface area (Å²) in [6, 6.07) is 0. The third-order valence-electron chi connectivity index (χ3n) is 1.93. The van der Waals surface area contributed by atoms with E-state index in [0.29, 0.717) is 5.69 Å². The number of aromatic nitrogens is 2. The summed E-state index contributed by atoms with van der Waals surface area (Å²) in [6.07, 6.45) is 1.14. The van der Waals surface area contributed by atoms with Crippen molar-refractivity contribution in [1.82, 2.24) is 9.19 Å². The molecule has 0 spiro atoms. The van der Waals surface area contributed by atoms with Crippen LogP contribution in [0.2, 0.25) is 0 Å². The summed E-state index contributed by atoms with van der Waals surface area (Å²) in [5.41, 5.74) is 2.38. The third-order valence-corrected chi connectivity index (χ3v) is 2.91. The summed E-state index contributed by atoms with van der Waals surface area (Å²) < 4.78 is 23.3. The molecule has 0 radical (unpaired) electrons. The lowest BCUT2D eigenvalue weighted by molar-refractivity contribution is 0.584. The van der Waals surface area contributed by atoms with Crippen molar-refractivity contribution in [3.05, 3.63) is 17.0 Å².